The number of hydrogen-bond donors (Lipinski definition) is 1. The third kappa shape index (κ3) is 6.26. The fourth-order valence-electron chi connectivity index (χ4n) is 8.44. The Morgan fingerprint density at radius 1 is 0.458 bits per heavy atom. The normalized spacial score (nSPS) is 13.9. The first-order valence-electron chi connectivity index (χ1n) is 20.0. The lowest BCUT2D eigenvalue weighted by atomic mass is 9.97. The van der Waals surface area contributed by atoms with E-state index in [1.54, 1.807) is 0 Å². The first-order chi connectivity index (χ1) is 29.2. The average Bonchev–Trinajstić information content (AvgIpc) is 3.74. The van der Waals surface area contributed by atoms with Crippen molar-refractivity contribution in [3.63, 3.8) is 0 Å². The van der Waals surface area contributed by atoms with Crippen LogP contribution >= 0.6 is 0 Å². The van der Waals surface area contributed by atoms with E-state index in [1.165, 1.54) is 16.5 Å². The second kappa shape index (κ2) is 14.6. The van der Waals surface area contributed by atoms with Gasteiger partial charge in [-0.3, -0.25) is 14.5 Å². The molecule has 0 fully saturated rings. The van der Waals surface area contributed by atoms with Gasteiger partial charge in [-0.15, -0.1) is 0 Å². The van der Waals surface area contributed by atoms with Crippen LogP contribution in [0.25, 0.3) is 77.6 Å². The summed E-state index contributed by atoms with van der Waals surface area (Å²) in [5, 5.41) is 8.29. The van der Waals surface area contributed by atoms with E-state index >= 15 is 0 Å². The monoisotopic (exact) mass is 755 g/mol. The number of pyridine rings is 1. The van der Waals surface area contributed by atoms with Crippen molar-refractivity contribution in [3.05, 3.63) is 229 Å². The number of fused-ring (bicyclic) bond motifs is 6. The standard InChI is InChI=1S/C54H37N5/c1-4-14-36(15-5-1)37-26-28-38(29-27-37)49-34-50(57-53(56-49)39-16-6-2-7-17-39)43-22-12-20-41(32-43)42-21-13-23-44(33-42)59-52-47-25-11-10-24-45(47)46-30-31-55-35-48(46)51(52)58-54(59)40-18-8-3-9-19-40/h1-35,53,57H. The summed E-state index contributed by atoms with van der Waals surface area (Å²) < 4.78 is 2.33. The summed E-state index contributed by atoms with van der Waals surface area (Å²) in [5.41, 5.74) is 13.9. The van der Waals surface area contributed by atoms with Gasteiger partial charge in [-0.1, -0.05) is 170 Å². The second-order valence-electron chi connectivity index (χ2n) is 14.9. The predicted molar refractivity (Wildman–Crippen MR) is 243 cm³/mol. The number of aliphatic imine (C=N–C) groups is 1. The molecule has 1 atom stereocenters. The number of hydrogen-bond acceptors (Lipinski definition) is 4. The fourth-order valence-corrected chi connectivity index (χ4v) is 8.44. The van der Waals surface area contributed by atoms with Gasteiger partial charge in [0.15, 0.2) is 0 Å². The van der Waals surface area contributed by atoms with Crippen LogP contribution in [0.1, 0.15) is 22.9 Å². The lowest BCUT2D eigenvalue weighted by Crippen LogP contribution is -2.24. The van der Waals surface area contributed by atoms with E-state index in [1.807, 2.05) is 30.6 Å². The number of rotatable bonds is 7. The van der Waals surface area contributed by atoms with E-state index < -0.39 is 0 Å². The highest BCUT2D eigenvalue weighted by atomic mass is 15.1. The van der Waals surface area contributed by atoms with Gasteiger partial charge in [0.2, 0.25) is 0 Å². The first kappa shape index (κ1) is 34.4. The van der Waals surface area contributed by atoms with Gasteiger partial charge in [0.1, 0.15) is 12.0 Å². The van der Waals surface area contributed by atoms with Gasteiger partial charge >= 0.3 is 0 Å². The Balaban J connectivity index is 1.02. The van der Waals surface area contributed by atoms with Crippen molar-refractivity contribution < 1.29 is 0 Å². The smallest absolute Gasteiger partial charge is 0.145 e. The quantitative estimate of drug-likeness (QED) is 0.165. The van der Waals surface area contributed by atoms with E-state index in [0.717, 1.165) is 83.5 Å². The molecule has 59 heavy (non-hydrogen) atoms. The van der Waals surface area contributed by atoms with Crippen LogP contribution in [-0.4, -0.2) is 20.2 Å². The molecule has 1 unspecified atom stereocenters. The van der Waals surface area contributed by atoms with Crippen molar-refractivity contribution in [2.45, 2.75) is 6.17 Å². The van der Waals surface area contributed by atoms with Crippen molar-refractivity contribution in [3.8, 4) is 39.3 Å². The molecule has 0 radical (unpaired) electrons. The highest BCUT2D eigenvalue weighted by Crippen LogP contribution is 2.40. The zero-order valence-electron chi connectivity index (χ0n) is 32.1. The number of allylic oxidation sites excluding steroid dienone is 1. The number of nitrogens with zero attached hydrogens (tertiary/aromatic N) is 4. The molecule has 3 heterocycles. The molecule has 278 valence electrons. The van der Waals surface area contributed by atoms with Gasteiger partial charge in [0.05, 0.1) is 16.7 Å². The van der Waals surface area contributed by atoms with Crippen molar-refractivity contribution in [1.29, 1.82) is 0 Å². The van der Waals surface area contributed by atoms with E-state index in [9.17, 15) is 0 Å². The fraction of sp³-hybridized carbons (Fsp3) is 0.0185. The summed E-state index contributed by atoms with van der Waals surface area (Å²) >= 11 is 0. The largest absolute Gasteiger partial charge is 0.360 e. The maximum Gasteiger partial charge on any atom is 0.145 e. The van der Waals surface area contributed by atoms with Crippen LogP contribution in [0.5, 0.6) is 0 Å². The molecule has 1 N–H and O–H groups in total. The molecule has 1 aliphatic rings. The molecule has 0 spiro atoms. The molecule has 0 saturated carbocycles. The summed E-state index contributed by atoms with van der Waals surface area (Å²) in [4.78, 5) is 15.2. The number of nitrogens with one attached hydrogen (secondary N) is 1. The number of benzene rings is 8. The lowest BCUT2D eigenvalue weighted by molar-refractivity contribution is 0.664. The van der Waals surface area contributed by atoms with Gasteiger partial charge in [-0.05, 0) is 80.1 Å². The predicted octanol–water partition coefficient (Wildman–Crippen LogP) is 12.9. The third-order valence-electron chi connectivity index (χ3n) is 11.3. The molecule has 2 aromatic heterocycles. The van der Waals surface area contributed by atoms with Crippen molar-refractivity contribution in [2.75, 3.05) is 0 Å². The van der Waals surface area contributed by atoms with E-state index in [0.29, 0.717) is 0 Å². The lowest BCUT2D eigenvalue weighted by Gasteiger charge is -2.25. The Morgan fingerprint density at radius 2 is 1.05 bits per heavy atom. The summed E-state index contributed by atoms with van der Waals surface area (Å²) in [6.07, 6.45) is 5.76. The van der Waals surface area contributed by atoms with E-state index in [4.69, 9.17) is 9.98 Å². The Bertz CT molecular complexity index is 3220. The first-order valence-corrected chi connectivity index (χ1v) is 20.0. The molecule has 5 nitrogen and oxygen atoms in total. The SMILES string of the molecule is C1=C(c2cccc(-c3cccc(-n4c(-c5ccccc5)nc5c6cnccc6c6ccccc6c54)c3)c2)NC(c2ccccc2)N=C1c1ccc(-c2ccccc2)cc1. The summed E-state index contributed by atoms with van der Waals surface area (Å²) in [5.74, 6) is 0.889. The molecule has 5 heteroatoms. The van der Waals surface area contributed by atoms with Gasteiger partial charge in [-0.2, -0.15) is 0 Å². The van der Waals surface area contributed by atoms with Gasteiger partial charge in [-0.25, -0.2) is 4.98 Å². The van der Waals surface area contributed by atoms with E-state index in [-0.39, 0.29) is 6.17 Å². The molecule has 0 saturated heterocycles. The molecule has 8 aromatic carbocycles. The Hall–Kier alpha value is -7.89. The Labute approximate surface area is 342 Å². The minimum absolute atomic E-state index is 0.237. The molecule has 0 bridgehead atoms. The number of aromatic nitrogens is 3. The molecular weight excluding hydrogens is 719 g/mol. The van der Waals surface area contributed by atoms with Gasteiger partial charge in [0, 0.05) is 40.1 Å². The van der Waals surface area contributed by atoms with Crippen molar-refractivity contribution in [2.24, 2.45) is 4.99 Å². The van der Waals surface area contributed by atoms with Crippen LogP contribution < -0.4 is 5.32 Å². The van der Waals surface area contributed by atoms with Crippen LogP contribution in [0.15, 0.2) is 218 Å². The van der Waals surface area contributed by atoms with Crippen molar-refractivity contribution in [1.82, 2.24) is 19.9 Å². The number of imidazole rings is 1. The molecule has 10 aromatic rings. The van der Waals surface area contributed by atoms with Gasteiger partial charge in [0.25, 0.3) is 0 Å². The van der Waals surface area contributed by atoms with Crippen LogP contribution in [0.2, 0.25) is 0 Å². The summed E-state index contributed by atoms with van der Waals surface area (Å²) in [6.45, 7) is 0. The zero-order valence-corrected chi connectivity index (χ0v) is 32.1. The van der Waals surface area contributed by atoms with Crippen LogP contribution in [0.3, 0.4) is 0 Å². The highest BCUT2D eigenvalue weighted by molar-refractivity contribution is 6.24. The second-order valence-corrected chi connectivity index (χ2v) is 14.9. The zero-order chi connectivity index (χ0) is 39.1. The molecule has 0 aliphatic carbocycles. The maximum atomic E-state index is 5.40. The summed E-state index contributed by atoms with van der Waals surface area (Å²) in [7, 11) is 0. The van der Waals surface area contributed by atoms with Crippen LogP contribution in [0.4, 0.5) is 0 Å². The third-order valence-corrected chi connectivity index (χ3v) is 11.3. The topological polar surface area (TPSA) is 55.1 Å². The molecular formula is C54H37N5. The Kier molecular flexibility index (Phi) is 8.48. The van der Waals surface area contributed by atoms with Crippen LogP contribution in [-0.2, 0) is 0 Å². The van der Waals surface area contributed by atoms with E-state index in [2.05, 4.69) is 197 Å². The average molecular weight is 756 g/mol. The maximum absolute atomic E-state index is 5.40. The summed E-state index contributed by atoms with van der Waals surface area (Å²) in [6, 6.07) is 68.5. The van der Waals surface area contributed by atoms with Crippen LogP contribution in [0, 0.1) is 0 Å². The molecule has 1 aliphatic heterocycles. The molecule has 0 amide bonds. The van der Waals surface area contributed by atoms with Gasteiger partial charge < -0.3 is 5.32 Å². The molecule has 11 rings (SSSR count). The van der Waals surface area contributed by atoms with Crippen molar-refractivity contribution >= 4 is 44.0 Å². The minimum Gasteiger partial charge on any atom is -0.360 e. The Morgan fingerprint density at radius 3 is 1.83 bits per heavy atom. The minimum atomic E-state index is -0.237. The highest BCUT2D eigenvalue weighted by Gasteiger charge is 2.22.